The molecule has 15 rings (SSSR count). The van der Waals surface area contributed by atoms with Crippen LogP contribution in [-0.4, -0.2) is 0 Å². The summed E-state index contributed by atoms with van der Waals surface area (Å²) >= 11 is 0. The van der Waals surface area contributed by atoms with Crippen LogP contribution in [0.2, 0.25) is 0 Å². The zero-order valence-electron chi connectivity index (χ0n) is 40.2. The van der Waals surface area contributed by atoms with E-state index in [1.54, 1.807) is 0 Å². The lowest BCUT2D eigenvalue weighted by Crippen LogP contribution is -2.29. The van der Waals surface area contributed by atoms with Gasteiger partial charge in [-0.05, 0) is 129 Å². The van der Waals surface area contributed by atoms with Gasteiger partial charge < -0.3 is 18.6 Å². The summed E-state index contributed by atoms with van der Waals surface area (Å²) in [4.78, 5) is 4.48. The summed E-state index contributed by atoms with van der Waals surface area (Å²) in [7, 11) is 0. The first-order valence-corrected chi connectivity index (χ1v) is 25.2. The molecule has 1 aliphatic carbocycles. The zero-order chi connectivity index (χ0) is 49.8. The molecule has 2 heterocycles. The van der Waals surface area contributed by atoms with Gasteiger partial charge in [0, 0.05) is 43.7 Å². The Morgan fingerprint density at radius 3 is 1.05 bits per heavy atom. The Morgan fingerprint density at radius 1 is 0.293 bits per heavy atom. The van der Waals surface area contributed by atoms with Crippen LogP contribution in [0.5, 0.6) is 0 Å². The number of halogens is 2. The largest absolute Gasteiger partial charge is 0.454 e. The van der Waals surface area contributed by atoms with E-state index in [-0.39, 0.29) is 11.6 Å². The molecule has 75 heavy (non-hydrogen) atoms. The first kappa shape index (κ1) is 42.9. The lowest BCUT2D eigenvalue weighted by Gasteiger charge is -2.36. The van der Waals surface area contributed by atoms with Crippen molar-refractivity contribution in [3.05, 3.63) is 289 Å². The van der Waals surface area contributed by atoms with Crippen LogP contribution in [-0.2, 0) is 5.41 Å². The molecule has 0 unspecified atom stereocenters. The normalized spacial score (nSPS) is 12.8. The molecule has 6 heteroatoms. The van der Waals surface area contributed by atoms with E-state index in [4.69, 9.17) is 8.83 Å². The van der Waals surface area contributed by atoms with E-state index in [0.29, 0.717) is 0 Å². The second-order valence-electron chi connectivity index (χ2n) is 19.3. The SMILES string of the molecule is Fc1ccc(N(c2cc3c(c4ccccc24)-c2c(cc(N(c4ccc(F)cc4)c4cccc5c4oc4ccccc45)c4ccccc24)C3(c2ccccc2)c2ccccc2)c2cccc3c2oc2ccccc23)cc1. The van der Waals surface area contributed by atoms with Crippen LogP contribution in [0.15, 0.2) is 264 Å². The van der Waals surface area contributed by atoms with Gasteiger partial charge in [0.15, 0.2) is 11.2 Å². The summed E-state index contributed by atoms with van der Waals surface area (Å²) < 4.78 is 43.9. The zero-order valence-corrected chi connectivity index (χ0v) is 40.2. The second-order valence-corrected chi connectivity index (χ2v) is 19.3. The Hall–Kier alpha value is -9.78. The van der Waals surface area contributed by atoms with Crippen LogP contribution in [0.3, 0.4) is 0 Å². The summed E-state index contributed by atoms with van der Waals surface area (Å²) in [5.41, 5.74) is 13.7. The van der Waals surface area contributed by atoms with Crippen LogP contribution in [0.4, 0.5) is 42.9 Å². The lowest BCUT2D eigenvalue weighted by atomic mass is 9.67. The van der Waals surface area contributed by atoms with E-state index in [2.05, 4.69) is 180 Å². The van der Waals surface area contributed by atoms with Crippen LogP contribution in [0, 0.1) is 11.6 Å². The predicted molar refractivity (Wildman–Crippen MR) is 303 cm³/mol. The summed E-state index contributed by atoms with van der Waals surface area (Å²) in [6, 6.07) is 86.0. The summed E-state index contributed by atoms with van der Waals surface area (Å²) in [6.07, 6.45) is 0. The van der Waals surface area contributed by atoms with Crippen molar-refractivity contribution in [3.8, 4) is 11.1 Å². The Morgan fingerprint density at radius 2 is 0.640 bits per heavy atom. The standard InChI is InChI=1S/C69H42F2N2O2/c70-45-33-37-47(38-34-45)72(59-29-15-27-55-51-23-11-13-31-63(51)74-67(55)59)61-41-57-65(53-25-9-7-21-49(53)61)66-54-26-10-8-22-50(54)62(42-58(66)69(57,43-17-3-1-4-18-43)44-19-5-2-6-20-44)73(48-39-35-46(71)36-40-48)60-30-16-28-56-52-24-12-14-32-64(52)75-68(56)60/h1-42H. The van der Waals surface area contributed by atoms with Gasteiger partial charge in [-0.1, -0.05) is 170 Å². The van der Waals surface area contributed by atoms with Crippen molar-refractivity contribution in [2.75, 3.05) is 9.80 Å². The highest BCUT2D eigenvalue weighted by Crippen LogP contribution is 2.63. The molecule has 0 aliphatic heterocycles. The highest BCUT2D eigenvalue weighted by Gasteiger charge is 2.49. The minimum absolute atomic E-state index is 0.323. The lowest BCUT2D eigenvalue weighted by molar-refractivity contribution is 0.627. The quantitative estimate of drug-likeness (QED) is 0.152. The molecular weight excluding hydrogens is 927 g/mol. The molecule has 0 amide bonds. The summed E-state index contributed by atoms with van der Waals surface area (Å²) in [6.45, 7) is 0. The minimum Gasteiger partial charge on any atom is -0.454 e. The van der Waals surface area contributed by atoms with Crippen molar-refractivity contribution >= 4 is 99.5 Å². The smallest absolute Gasteiger partial charge is 0.159 e. The van der Waals surface area contributed by atoms with Gasteiger partial charge in [-0.25, -0.2) is 8.78 Å². The fraction of sp³-hybridized carbons (Fsp3) is 0.0145. The number of anilines is 6. The first-order chi connectivity index (χ1) is 37.0. The van der Waals surface area contributed by atoms with Crippen molar-refractivity contribution in [2.45, 2.75) is 5.41 Å². The molecule has 0 radical (unpaired) electrons. The van der Waals surface area contributed by atoms with Gasteiger partial charge in [0.1, 0.15) is 22.8 Å². The fourth-order valence-electron chi connectivity index (χ4n) is 12.3. The maximum Gasteiger partial charge on any atom is 0.159 e. The molecule has 2 aromatic heterocycles. The number of hydrogen-bond donors (Lipinski definition) is 0. The van der Waals surface area contributed by atoms with Gasteiger partial charge in [-0.15, -0.1) is 0 Å². The maximum absolute atomic E-state index is 15.1. The van der Waals surface area contributed by atoms with E-state index in [0.717, 1.165) is 133 Å². The summed E-state index contributed by atoms with van der Waals surface area (Å²) in [5.74, 6) is -0.646. The van der Waals surface area contributed by atoms with Crippen LogP contribution in [0.25, 0.3) is 76.5 Å². The van der Waals surface area contributed by atoms with Crippen molar-refractivity contribution in [1.29, 1.82) is 0 Å². The maximum atomic E-state index is 15.1. The van der Waals surface area contributed by atoms with E-state index in [9.17, 15) is 0 Å². The molecular formula is C69H42F2N2O2. The third-order valence-corrected chi connectivity index (χ3v) is 15.4. The minimum atomic E-state index is -0.926. The van der Waals surface area contributed by atoms with Gasteiger partial charge >= 0.3 is 0 Å². The van der Waals surface area contributed by atoms with Gasteiger partial charge in [0.2, 0.25) is 0 Å². The molecule has 0 saturated heterocycles. The number of para-hydroxylation sites is 4. The molecule has 0 spiro atoms. The van der Waals surface area contributed by atoms with E-state index in [1.807, 2.05) is 60.7 Å². The number of benzene rings is 12. The predicted octanol–water partition coefficient (Wildman–Crippen LogP) is 19.4. The van der Waals surface area contributed by atoms with E-state index in [1.165, 1.54) is 24.3 Å². The highest BCUT2D eigenvalue weighted by molar-refractivity contribution is 6.20. The van der Waals surface area contributed by atoms with E-state index >= 15 is 8.78 Å². The Labute approximate surface area is 430 Å². The summed E-state index contributed by atoms with van der Waals surface area (Å²) in [5, 5.41) is 8.14. The van der Waals surface area contributed by atoms with Crippen LogP contribution >= 0.6 is 0 Å². The van der Waals surface area contributed by atoms with Gasteiger partial charge in [-0.3, -0.25) is 0 Å². The molecule has 354 valence electrons. The van der Waals surface area contributed by atoms with E-state index < -0.39 is 5.41 Å². The van der Waals surface area contributed by atoms with Gasteiger partial charge in [-0.2, -0.15) is 0 Å². The fourth-order valence-corrected chi connectivity index (χ4v) is 12.3. The van der Waals surface area contributed by atoms with Crippen molar-refractivity contribution in [1.82, 2.24) is 0 Å². The third kappa shape index (κ3) is 6.33. The number of fused-ring (bicyclic) bond motifs is 13. The Bertz CT molecular complexity index is 4270. The van der Waals surface area contributed by atoms with Crippen molar-refractivity contribution in [2.24, 2.45) is 0 Å². The van der Waals surface area contributed by atoms with Crippen molar-refractivity contribution < 1.29 is 17.6 Å². The average Bonchev–Trinajstić information content (AvgIpc) is 4.25. The molecule has 0 bridgehead atoms. The molecule has 0 N–H and O–H groups in total. The number of nitrogens with zero attached hydrogens (tertiary/aromatic N) is 2. The molecule has 14 aromatic rings. The Balaban J connectivity index is 1.10. The first-order valence-electron chi connectivity index (χ1n) is 25.2. The molecule has 0 saturated carbocycles. The van der Waals surface area contributed by atoms with Crippen LogP contribution in [0.1, 0.15) is 22.3 Å². The second kappa shape index (κ2) is 16.6. The van der Waals surface area contributed by atoms with Gasteiger partial charge in [0.25, 0.3) is 0 Å². The Kier molecular flexibility index (Phi) is 9.51. The highest BCUT2D eigenvalue weighted by atomic mass is 19.1. The molecule has 0 fully saturated rings. The molecule has 12 aromatic carbocycles. The van der Waals surface area contributed by atoms with Gasteiger partial charge in [0.05, 0.1) is 28.2 Å². The number of furan rings is 2. The van der Waals surface area contributed by atoms with Crippen molar-refractivity contribution in [3.63, 3.8) is 0 Å². The molecule has 4 nitrogen and oxygen atoms in total. The number of rotatable bonds is 8. The topological polar surface area (TPSA) is 32.8 Å². The molecule has 0 atom stereocenters. The molecule has 1 aliphatic rings. The average molecular weight is 969 g/mol. The third-order valence-electron chi connectivity index (χ3n) is 15.4. The monoisotopic (exact) mass is 968 g/mol. The number of hydrogen-bond acceptors (Lipinski definition) is 4. The van der Waals surface area contributed by atoms with Crippen LogP contribution < -0.4 is 9.80 Å².